The van der Waals surface area contributed by atoms with Crippen LogP contribution in [0.2, 0.25) is 0 Å². The maximum Gasteiger partial charge on any atom is 0.119 e. The molecule has 2 rings (SSSR count). The molecular formula is C17H27NO2. The van der Waals surface area contributed by atoms with Crippen LogP contribution in [0, 0.1) is 13.8 Å². The number of ether oxygens (including phenoxy) is 1. The molecule has 0 heterocycles. The van der Waals surface area contributed by atoms with E-state index in [0.717, 1.165) is 44.5 Å². The van der Waals surface area contributed by atoms with Crippen LogP contribution in [0.1, 0.15) is 36.8 Å². The van der Waals surface area contributed by atoms with E-state index >= 15 is 0 Å². The van der Waals surface area contributed by atoms with Crippen molar-refractivity contribution in [3.8, 4) is 5.75 Å². The highest BCUT2D eigenvalue weighted by Gasteiger charge is 2.31. The summed E-state index contributed by atoms with van der Waals surface area (Å²) in [6.45, 7) is 6.43. The van der Waals surface area contributed by atoms with Crippen molar-refractivity contribution >= 4 is 0 Å². The predicted octanol–water partition coefficient (Wildman–Crippen LogP) is 2.92. The molecular weight excluding hydrogens is 250 g/mol. The number of nitrogens with zero attached hydrogens (tertiary/aromatic N) is 1. The summed E-state index contributed by atoms with van der Waals surface area (Å²) in [6.07, 6.45) is 4.19. The van der Waals surface area contributed by atoms with Gasteiger partial charge in [0.2, 0.25) is 0 Å². The summed E-state index contributed by atoms with van der Waals surface area (Å²) in [6, 6.07) is 6.28. The fourth-order valence-corrected chi connectivity index (χ4v) is 3.11. The Hall–Kier alpha value is -1.06. The molecule has 1 aliphatic carbocycles. The Morgan fingerprint density at radius 2 is 1.75 bits per heavy atom. The van der Waals surface area contributed by atoms with Gasteiger partial charge in [-0.05, 0) is 57.0 Å². The van der Waals surface area contributed by atoms with Crippen molar-refractivity contribution in [1.82, 2.24) is 4.90 Å². The van der Waals surface area contributed by atoms with Gasteiger partial charge in [-0.25, -0.2) is 0 Å². The molecule has 0 aliphatic heterocycles. The van der Waals surface area contributed by atoms with Crippen LogP contribution < -0.4 is 4.74 Å². The maximum atomic E-state index is 10.4. The zero-order chi connectivity index (χ0) is 14.6. The van der Waals surface area contributed by atoms with Crippen LogP contribution >= 0.6 is 0 Å². The molecule has 1 aromatic rings. The lowest BCUT2D eigenvalue weighted by Crippen LogP contribution is -2.40. The minimum Gasteiger partial charge on any atom is -0.492 e. The van der Waals surface area contributed by atoms with Crippen molar-refractivity contribution in [2.75, 3.05) is 26.7 Å². The first-order valence-corrected chi connectivity index (χ1v) is 7.59. The van der Waals surface area contributed by atoms with Crippen molar-refractivity contribution in [1.29, 1.82) is 0 Å². The molecule has 0 unspecified atom stereocenters. The van der Waals surface area contributed by atoms with Crippen LogP contribution in [0.4, 0.5) is 0 Å². The van der Waals surface area contributed by atoms with Crippen LogP contribution in [-0.2, 0) is 0 Å². The first-order chi connectivity index (χ1) is 9.47. The molecule has 0 atom stereocenters. The van der Waals surface area contributed by atoms with Crippen molar-refractivity contribution in [2.24, 2.45) is 0 Å². The summed E-state index contributed by atoms with van der Waals surface area (Å²) in [5.74, 6) is 0.940. The number of aliphatic hydroxyl groups is 1. The van der Waals surface area contributed by atoms with Gasteiger partial charge in [-0.2, -0.15) is 0 Å². The van der Waals surface area contributed by atoms with Gasteiger partial charge in [-0.3, -0.25) is 0 Å². The van der Waals surface area contributed by atoms with E-state index in [0.29, 0.717) is 6.61 Å². The Labute approximate surface area is 122 Å². The largest absolute Gasteiger partial charge is 0.492 e. The summed E-state index contributed by atoms with van der Waals surface area (Å²) in [4.78, 5) is 2.17. The summed E-state index contributed by atoms with van der Waals surface area (Å²) >= 11 is 0. The van der Waals surface area contributed by atoms with Crippen LogP contribution in [0.3, 0.4) is 0 Å². The van der Waals surface area contributed by atoms with E-state index in [9.17, 15) is 5.11 Å². The van der Waals surface area contributed by atoms with E-state index in [1.807, 2.05) is 0 Å². The Balaban J connectivity index is 1.74. The minimum atomic E-state index is -0.464. The summed E-state index contributed by atoms with van der Waals surface area (Å²) in [7, 11) is 2.06. The molecule has 0 bridgehead atoms. The second-order valence-electron chi connectivity index (χ2n) is 6.34. The topological polar surface area (TPSA) is 32.7 Å². The normalized spacial score (nSPS) is 17.6. The summed E-state index contributed by atoms with van der Waals surface area (Å²) < 4.78 is 5.81. The van der Waals surface area contributed by atoms with Gasteiger partial charge in [-0.1, -0.05) is 18.9 Å². The summed E-state index contributed by atoms with van der Waals surface area (Å²) in [5, 5.41) is 10.4. The lowest BCUT2D eigenvalue weighted by Gasteiger charge is -2.28. The molecule has 1 aromatic carbocycles. The number of likely N-dealkylation sites (N-methyl/N-ethyl adjacent to an activating group) is 1. The fraction of sp³-hybridized carbons (Fsp3) is 0.647. The smallest absolute Gasteiger partial charge is 0.119 e. The van der Waals surface area contributed by atoms with Crippen LogP contribution in [0.25, 0.3) is 0 Å². The molecule has 3 heteroatoms. The van der Waals surface area contributed by atoms with E-state index in [1.165, 1.54) is 11.1 Å². The molecule has 1 fully saturated rings. The van der Waals surface area contributed by atoms with Crippen molar-refractivity contribution in [2.45, 2.75) is 45.1 Å². The molecule has 0 radical (unpaired) electrons. The summed E-state index contributed by atoms with van der Waals surface area (Å²) in [5.41, 5.74) is 2.00. The molecule has 0 spiro atoms. The number of hydrogen-bond acceptors (Lipinski definition) is 3. The van der Waals surface area contributed by atoms with Crippen molar-refractivity contribution < 1.29 is 9.84 Å². The average Bonchev–Trinajstić information content (AvgIpc) is 2.74. The van der Waals surface area contributed by atoms with Gasteiger partial charge >= 0.3 is 0 Å². The van der Waals surface area contributed by atoms with Crippen LogP contribution in [0.15, 0.2) is 18.2 Å². The SMILES string of the molecule is Cc1cc(C)cc(OCCN(C)CC2(O)CCCC2)c1. The van der Waals surface area contributed by atoms with E-state index in [2.05, 4.69) is 44.0 Å². The molecule has 3 nitrogen and oxygen atoms in total. The quantitative estimate of drug-likeness (QED) is 0.868. The van der Waals surface area contributed by atoms with Gasteiger partial charge in [0.1, 0.15) is 12.4 Å². The third-order valence-electron chi connectivity index (χ3n) is 4.04. The lowest BCUT2D eigenvalue weighted by molar-refractivity contribution is 0.0139. The molecule has 1 saturated carbocycles. The number of hydrogen-bond donors (Lipinski definition) is 1. The van der Waals surface area contributed by atoms with Gasteiger partial charge in [0.25, 0.3) is 0 Å². The second-order valence-corrected chi connectivity index (χ2v) is 6.34. The van der Waals surface area contributed by atoms with E-state index in [-0.39, 0.29) is 0 Å². The van der Waals surface area contributed by atoms with E-state index in [4.69, 9.17) is 4.74 Å². The van der Waals surface area contributed by atoms with Gasteiger partial charge in [0, 0.05) is 13.1 Å². The Bertz CT molecular complexity index is 418. The first-order valence-electron chi connectivity index (χ1n) is 7.59. The van der Waals surface area contributed by atoms with E-state index in [1.54, 1.807) is 0 Å². The molecule has 1 N–H and O–H groups in total. The number of rotatable bonds is 6. The fourth-order valence-electron chi connectivity index (χ4n) is 3.11. The molecule has 0 amide bonds. The van der Waals surface area contributed by atoms with Gasteiger partial charge in [0.15, 0.2) is 0 Å². The van der Waals surface area contributed by atoms with Crippen LogP contribution in [-0.4, -0.2) is 42.4 Å². The highest BCUT2D eigenvalue weighted by molar-refractivity contribution is 5.32. The van der Waals surface area contributed by atoms with Gasteiger partial charge in [-0.15, -0.1) is 0 Å². The number of benzene rings is 1. The van der Waals surface area contributed by atoms with Gasteiger partial charge in [0.05, 0.1) is 5.60 Å². The van der Waals surface area contributed by atoms with Crippen molar-refractivity contribution in [3.05, 3.63) is 29.3 Å². The molecule has 20 heavy (non-hydrogen) atoms. The molecule has 0 aromatic heterocycles. The standard InChI is InChI=1S/C17H27NO2/c1-14-10-15(2)12-16(11-14)20-9-8-18(3)13-17(19)6-4-5-7-17/h10-12,19H,4-9,13H2,1-3H3. The van der Waals surface area contributed by atoms with Crippen molar-refractivity contribution in [3.63, 3.8) is 0 Å². The monoisotopic (exact) mass is 277 g/mol. The molecule has 112 valence electrons. The molecule has 0 saturated heterocycles. The lowest BCUT2D eigenvalue weighted by atomic mass is 10.0. The third kappa shape index (κ3) is 4.50. The zero-order valence-electron chi connectivity index (χ0n) is 13.0. The third-order valence-corrected chi connectivity index (χ3v) is 4.04. The minimum absolute atomic E-state index is 0.464. The second kappa shape index (κ2) is 6.59. The molecule has 1 aliphatic rings. The highest BCUT2D eigenvalue weighted by atomic mass is 16.5. The zero-order valence-corrected chi connectivity index (χ0v) is 13.0. The average molecular weight is 277 g/mol. The first kappa shape index (κ1) is 15.3. The highest BCUT2D eigenvalue weighted by Crippen LogP contribution is 2.29. The maximum absolute atomic E-state index is 10.4. The van der Waals surface area contributed by atoms with Crippen LogP contribution in [0.5, 0.6) is 5.75 Å². The van der Waals surface area contributed by atoms with E-state index < -0.39 is 5.60 Å². The van der Waals surface area contributed by atoms with Gasteiger partial charge < -0.3 is 14.7 Å². The Kier molecular flexibility index (Phi) is 5.06. The number of aryl methyl sites for hydroxylation is 2. The Morgan fingerprint density at radius 1 is 1.15 bits per heavy atom. The Morgan fingerprint density at radius 3 is 2.35 bits per heavy atom. The predicted molar refractivity (Wildman–Crippen MR) is 82.3 cm³/mol.